The van der Waals surface area contributed by atoms with Crippen LogP contribution in [0.2, 0.25) is 0 Å². The summed E-state index contributed by atoms with van der Waals surface area (Å²) in [6, 6.07) is 8.66. The highest BCUT2D eigenvalue weighted by atomic mass is 32.1. The molecule has 2 aliphatic rings. The van der Waals surface area contributed by atoms with Crippen molar-refractivity contribution in [2.75, 3.05) is 20.1 Å². The summed E-state index contributed by atoms with van der Waals surface area (Å²) in [7, 11) is 2.17. The number of carboxylic acid groups (broad SMARTS) is 1. The first-order valence-electron chi connectivity index (χ1n) is 9.51. The standard InChI is InChI=1S/C22H27NO2S/c1-22(2)10-8-18-17(12-22)19(21(24)25)20(26-18)15-6-4-14(5-7-15)16-9-11-23(3)13-16/h4-7,16H,8-13H2,1-3H3,(H,24,25)/t16-/m0/s1. The number of hydrogen-bond donors (Lipinski definition) is 1. The number of nitrogens with zero attached hydrogens (tertiary/aromatic N) is 1. The fourth-order valence-electron chi connectivity index (χ4n) is 4.46. The van der Waals surface area contributed by atoms with Crippen molar-refractivity contribution in [1.82, 2.24) is 4.90 Å². The third-order valence-electron chi connectivity index (χ3n) is 6.02. The molecule has 1 saturated heterocycles. The topological polar surface area (TPSA) is 40.5 Å². The van der Waals surface area contributed by atoms with Crippen molar-refractivity contribution >= 4 is 17.3 Å². The number of fused-ring (bicyclic) bond motifs is 1. The summed E-state index contributed by atoms with van der Waals surface area (Å²) in [5.74, 6) is -0.179. The van der Waals surface area contributed by atoms with Gasteiger partial charge in [-0.25, -0.2) is 4.79 Å². The second-order valence-electron chi connectivity index (χ2n) is 8.72. The van der Waals surface area contributed by atoms with Gasteiger partial charge in [0.2, 0.25) is 0 Å². The quantitative estimate of drug-likeness (QED) is 0.823. The summed E-state index contributed by atoms with van der Waals surface area (Å²) in [6.45, 7) is 6.75. The third-order valence-corrected chi connectivity index (χ3v) is 7.37. The van der Waals surface area contributed by atoms with E-state index in [9.17, 15) is 9.90 Å². The van der Waals surface area contributed by atoms with Gasteiger partial charge in [0.1, 0.15) is 0 Å². The summed E-state index contributed by atoms with van der Waals surface area (Å²) in [4.78, 5) is 16.6. The average Bonchev–Trinajstić information content (AvgIpc) is 3.17. The summed E-state index contributed by atoms with van der Waals surface area (Å²) >= 11 is 1.69. The second-order valence-corrected chi connectivity index (χ2v) is 9.83. The van der Waals surface area contributed by atoms with Crippen LogP contribution in [0.3, 0.4) is 0 Å². The van der Waals surface area contributed by atoms with Crippen molar-refractivity contribution in [3.8, 4) is 10.4 Å². The summed E-state index contributed by atoms with van der Waals surface area (Å²) in [5, 5.41) is 9.90. The predicted molar refractivity (Wildman–Crippen MR) is 107 cm³/mol. The molecule has 1 fully saturated rings. The van der Waals surface area contributed by atoms with Crippen LogP contribution >= 0.6 is 11.3 Å². The number of aryl methyl sites for hydroxylation is 1. The highest BCUT2D eigenvalue weighted by Crippen LogP contribution is 2.45. The SMILES string of the molecule is CN1CC[C@H](c2ccc(-c3sc4c(c3C(=O)O)CC(C)(C)CC4)cc2)C1. The molecule has 4 heteroatoms. The predicted octanol–water partition coefficient (Wildman–Crippen LogP) is 5.05. The van der Waals surface area contributed by atoms with E-state index in [0.717, 1.165) is 48.4 Å². The lowest BCUT2D eigenvalue weighted by Crippen LogP contribution is -2.22. The van der Waals surface area contributed by atoms with E-state index in [1.165, 1.54) is 16.9 Å². The van der Waals surface area contributed by atoms with Crippen LogP contribution in [0.1, 0.15) is 59.0 Å². The zero-order valence-corrected chi connectivity index (χ0v) is 16.7. The number of carbonyl (C=O) groups is 1. The lowest BCUT2D eigenvalue weighted by Gasteiger charge is -2.29. The maximum Gasteiger partial charge on any atom is 0.337 e. The van der Waals surface area contributed by atoms with Crippen molar-refractivity contribution in [2.24, 2.45) is 5.41 Å². The number of hydrogen-bond acceptors (Lipinski definition) is 3. The molecule has 2 aromatic rings. The molecule has 1 aliphatic heterocycles. The molecule has 4 rings (SSSR count). The highest BCUT2D eigenvalue weighted by molar-refractivity contribution is 7.16. The van der Waals surface area contributed by atoms with E-state index in [0.29, 0.717) is 11.5 Å². The minimum atomic E-state index is -0.781. The normalized spacial score (nSPS) is 22.3. The van der Waals surface area contributed by atoms with E-state index >= 15 is 0 Å². The average molecular weight is 370 g/mol. The number of aromatic carboxylic acids is 1. The van der Waals surface area contributed by atoms with Crippen molar-refractivity contribution in [1.29, 1.82) is 0 Å². The Balaban J connectivity index is 1.70. The molecule has 1 aliphatic carbocycles. The number of rotatable bonds is 3. The Bertz CT molecular complexity index is 835. The molecule has 1 atom stereocenters. The lowest BCUT2D eigenvalue weighted by molar-refractivity contribution is 0.0696. The van der Waals surface area contributed by atoms with Crippen LogP contribution in [0.5, 0.6) is 0 Å². The largest absolute Gasteiger partial charge is 0.478 e. The Morgan fingerprint density at radius 2 is 2.00 bits per heavy atom. The van der Waals surface area contributed by atoms with E-state index in [1.807, 2.05) is 0 Å². The van der Waals surface area contributed by atoms with Crippen LogP contribution in [0.25, 0.3) is 10.4 Å². The maximum atomic E-state index is 12.1. The fraction of sp³-hybridized carbons (Fsp3) is 0.500. The summed E-state index contributed by atoms with van der Waals surface area (Å²) in [6.07, 6.45) is 4.21. The fourth-order valence-corrected chi connectivity index (χ4v) is 5.78. The molecule has 26 heavy (non-hydrogen) atoms. The lowest BCUT2D eigenvalue weighted by atomic mass is 9.76. The van der Waals surface area contributed by atoms with Gasteiger partial charge in [0.15, 0.2) is 0 Å². The van der Waals surface area contributed by atoms with E-state index in [1.54, 1.807) is 11.3 Å². The van der Waals surface area contributed by atoms with Crippen molar-refractivity contribution in [3.63, 3.8) is 0 Å². The van der Waals surface area contributed by atoms with Crippen molar-refractivity contribution in [2.45, 2.75) is 45.4 Å². The molecule has 2 heterocycles. The van der Waals surface area contributed by atoms with Crippen LogP contribution in [-0.4, -0.2) is 36.1 Å². The number of thiophene rings is 1. The van der Waals surface area contributed by atoms with Crippen LogP contribution in [-0.2, 0) is 12.8 Å². The van der Waals surface area contributed by atoms with Gasteiger partial charge in [-0.05, 0) is 67.3 Å². The Morgan fingerprint density at radius 1 is 1.27 bits per heavy atom. The molecule has 0 saturated carbocycles. The number of benzene rings is 1. The molecule has 0 unspecified atom stereocenters. The van der Waals surface area contributed by atoms with Crippen LogP contribution in [0.15, 0.2) is 24.3 Å². The van der Waals surface area contributed by atoms with Gasteiger partial charge in [-0.1, -0.05) is 38.1 Å². The molecule has 0 amide bonds. The molecule has 1 N–H and O–H groups in total. The van der Waals surface area contributed by atoms with E-state index < -0.39 is 5.97 Å². The second kappa shape index (κ2) is 6.50. The smallest absolute Gasteiger partial charge is 0.337 e. The number of likely N-dealkylation sites (N-methyl/N-ethyl adjacent to an activating group) is 1. The van der Waals surface area contributed by atoms with Crippen LogP contribution in [0, 0.1) is 5.41 Å². The van der Waals surface area contributed by atoms with Crippen molar-refractivity contribution in [3.05, 3.63) is 45.8 Å². The van der Waals surface area contributed by atoms with E-state index in [4.69, 9.17) is 0 Å². The minimum absolute atomic E-state index is 0.188. The Kier molecular flexibility index (Phi) is 4.44. The van der Waals surface area contributed by atoms with Gasteiger partial charge in [0.25, 0.3) is 0 Å². The first-order valence-corrected chi connectivity index (χ1v) is 10.3. The molecule has 0 radical (unpaired) electrons. The molecule has 0 spiro atoms. The molecular weight excluding hydrogens is 342 g/mol. The molecule has 3 nitrogen and oxygen atoms in total. The first kappa shape index (κ1) is 17.7. The van der Waals surface area contributed by atoms with Gasteiger partial charge >= 0.3 is 5.97 Å². The highest BCUT2D eigenvalue weighted by Gasteiger charge is 2.33. The van der Waals surface area contributed by atoms with Gasteiger partial charge in [0, 0.05) is 16.3 Å². The molecule has 138 valence electrons. The van der Waals surface area contributed by atoms with Crippen molar-refractivity contribution < 1.29 is 9.90 Å². The van der Waals surface area contributed by atoms with E-state index in [-0.39, 0.29) is 5.41 Å². The minimum Gasteiger partial charge on any atom is -0.478 e. The van der Waals surface area contributed by atoms with Gasteiger partial charge < -0.3 is 10.0 Å². The molecule has 1 aromatic carbocycles. The number of carboxylic acids is 1. The van der Waals surface area contributed by atoms with E-state index in [2.05, 4.69) is 50.1 Å². The monoisotopic (exact) mass is 369 g/mol. The Hall–Kier alpha value is -1.65. The van der Waals surface area contributed by atoms with Gasteiger partial charge in [-0.15, -0.1) is 11.3 Å². The molecular formula is C22H27NO2S. The Labute approximate surface area is 159 Å². The van der Waals surface area contributed by atoms with Gasteiger partial charge in [-0.2, -0.15) is 0 Å². The van der Waals surface area contributed by atoms with Crippen LogP contribution < -0.4 is 0 Å². The van der Waals surface area contributed by atoms with Gasteiger partial charge in [-0.3, -0.25) is 0 Å². The zero-order valence-electron chi connectivity index (χ0n) is 15.8. The number of likely N-dealkylation sites (tertiary alicyclic amines) is 1. The summed E-state index contributed by atoms with van der Waals surface area (Å²) in [5.41, 5.74) is 4.24. The molecule has 1 aromatic heterocycles. The zero-order chi connectivity index (χ0) is 18.5. The third kappa shape index (κ3) is 3.21. The molecule has 0 bridgehead atoms. The first-order chi connectivity index (χ1) is 12.3. The maximum absolute atomic E-state index is 12.1. The van der Waals surface area contributed by atoms with Gasteiger partial charge in [0.05, 0.1) is 5.56 Å². The van der Waals surface area contributed by atoms with Crippen LogP contribution in [0.4, 0.5) is 0 Å². The summed E-state index contributed by atoms with van der Waals surface area (Å²) < 4.78 is 0. The Morgan fingerprint density at radius 3 is 2.62 bits per heavy atom.